The van der Waals surface area contributed by atoms with Gasteiger partial charge in [0.05, 0.1) is 17.1 Å². The van der Waals surface area contributed by atoms with Gasteiger partial charge in [0.15, 0.2) is 0 Å². The van der Waals surface area contributed by atoms with Gasteiger partial charge in [-0.15, -0.1) is 0 Å². The maximum Gasteiger partial charge on any atom is 0.243 e. The second kappa shape index (κ2) is 7.64. The smallest absolute Gasteiger partial charge is 0.243 e. The number of anilines is 2. The van der Waals surface area contributed by atoms with Crippen molar-refractivity contribution in [1.82, 2.24) is 4.31 Å². The van der Waals surface area contributed by atoms with E-state index in [2.05, 4.69) is 10.6 Å². The highest BCUT2D eigenvalue weighted by Gasteiger charge is 2.25. The van der Waals surface area contributed by atoms with Crippen LogP contribution in [0.3, 0.4) is 0 Å². The van der Waals surface area contributed by atoms with Gasteiger partial charge in [0.2, 0.25) is 21.8 Å². The van der Waals surface area contributed by atoms with Gasteiger partial charge in [0.25, 0.3) is 0 Å². The van der Waals surface area contributed by atoms with Gasteiger partial charge in [-0.25, -0.2) is 17.2 Å². The van der Waals surface area contributed by atoms with Crippen molar-refractivity contribution < 1.29 is 26.8 Å². The minimum absolute atomic E-state index is 0.0225. The van der Waals surface area contributed by atoms with Gasteiger partial charge >= 0.3 is 0 Å². The van der Waals surface area contributed by atoms with E-state index >= 15 is 0 Å². The summed E-state index contributed by atoms with van der Waals surface area (Å²) in [5, 5.41) is 4.88. The predicted molar refractivity (Wildman–Crippen MR) is 98.2 cm³/mol. The fraction of sp³-hybridized carbons (Fsp3) is 0.222. The number of likely N-dealkylation sites (N-methyl/N-ethyl adjacent to an activating group) is 1. The zero-order valence-electron chi connectivity index (χ0n) is 14.8. The molecule has 0 saturated carbocycles. The standard InChI is InChI=1S/C18H17F2N3O4S/c1-23(10-18(25)22-16-5-3-12(19)9-14(16)20)28(26,27)13-4-6-15-11(8-13)2-7-17(24)21-15/h3-6,8-9H,2,7,10H2,1H3,(H,21,24)(H,22,25). The van der Waals surface area contributed by atoms with Crippen LogP contribution >= 0.6 is 0 Å². The van der Waals surface area contributed by atoms with Crippen molar-refractivity contribution in [3.05, 3.63) is 53.6 Å². The largest absolute Gasteiger partial charge is 0.326 e. The molecule has 0 unspecified atom stereocenters. The minimum atomic E-state index is -3.98. The van der Waals surface area contributed by atoms with Crippen molar-refractivity contribution in [3.63, 3.8) is 0 Å². The Kier molecular flexibility index (Phi) is 5.43. The first kappa shape index (κ1) is 19.9. The van der Waals surface area contributed by atoms with E-state index in [1.54, 1.807) is 0 Å². The van der Waals surface area contributed by atoms with Gasteiger partial charge in [0.1, 0.15) is 11.6 Å². The average molecular weight is 409 g/mol. The van der Waals surface area contributed by atoms with E-state index in [0.717, 1.165) is 16.4 Å². The normalized spacial score (nSPS) is 13.8. The molecule has 2 aromatic rings. The van der Waals surface area contributed by atoms with Crippen LogP contribution in [0.4, 0.5) is 20.2 Å². The Hall–Kier alpha value is -2.85. The third-order valence-corrected chi connectivity index (χ3v) is 6.05. The van der Waals surface area contributed by atoms with Crippen LogP contribution in [0.15, 0.2) is 41.3 Å². The topological polar surface area (TPSA) is 95.6 Å². The molecule has 0 spiro atoms. The highest BCUT2D eigenvalue weighted by atomic mass is 32.2. The van der Waals surface area contributed by atoms with Crippen LogP contribution < -0.4 is 10.6 Å². The SMILES string of the molecule is CN(CC(=O)Nc1ccc(F)cc1F)S(=O)(=O)c1ccc2c(c1)CCC(=O)N2. The Balaban J connectivity index is 1.73. The Bertz CT molecular complexity index is 1060. The van der Waals surface area contributed by atoms with E-state index < -0.39 is 34.1 Å². The Morgan fingerprint density at radius 3 is 2.64 bits per heavy atom. The fourth-order valence-electron chi connectivity index (χ4n) is 2.77. The van der Waals surface area contributed by atoms with Crippen LogP contribution in [0.5, 0.6) is 0 Å². The number of hydrogen-bond donors (Lipinski definition) is 2. The molecule has 0 aliphatic carbocycles. The van der Waals surface area contributed by atoms with Crippen LogP contribution in [-0.4, -0.2) is 38.1 Å². The summed E-state index contributed by atoms with van der Waals surface area (Å²) in [7, 11) is -2.76. The van der Waals surface area contributed by atoms with Crippen LogP contribution in [0, 0.1) is 11.6 Å². The predicted octanol–water partition coefficient (Wildman–Crippen LogP) is 2.11. The van der Waals surface area contributed by atoms with Crippen LogP contribution in [0.1, 0.15) is 12.0 Å². The molecule has 7 nitrogen and oxygen atoms in total. The number of hydrogen-bond acceptors (Lipinski definition) is 4. The summed E-state index contributed by atoms with van der Waals surface area (Å²) < 4.78 is 52.8. The minimum Gasteiger partial charge on any atom is -0.326 e. The fourth-order valence-corrected chi connectivity index (χ4v) is 3.95. The molecule has 0 saturated heterocycles. The van der Waals surface area contributed by atoms with Crippen molar-refractivity contribution in [2.45, 2.75) is 17.7 Å². The molecule has 1 heterocycles. The zero-order valence-corrected chi connectivity index (χ0v) is 15.6. The number of rotatable bonds is 5. The molecule has 148 valence electrons. The van der Waals surface area contributed by atoms with E-state index in [-0.39, 0.29) is 22.9 Å². The number of carbonyl (C=O) groups is 2. The third-order valence-electron chi connectivity index (χ3n) is 4.25. The zero-order chi connectivity index (χ0) is 20.5. The molecule has 28 heavy (non-hydrogen) atoms. The molecule has 2 N–H and O–H groups in total. The van der Waals surface area contributed by atoms with Crippen molar-refractivity contribution in [3.8, 4) is 0 Å². The third kappa shape index (κ3) is 4.18. The summed E-state index contributed by atoms with van der Waals surface area (Å²) in [6.07, 6.45) is 0.677. The second-order valence-corrected chi connectivity index (χ2v) is 8.35. The monoisotopic (exact) mass is 409 g/mol. The first-order chi connectivity index (χ1) is 13.2. The molecule has 3 rings (SSSR count). The maximum atomic E-state index is 13.6. The van der Waals surface area contributed by atoms with Crippen LogP contribution in [-0.2, 0) is 26.0 Å². The first-order valence-corrected chi connectivity index (χ1v) is 9.75. The van der Waals surface area contributed by atoms with Gasteiger partial charge in [-0.2, -0.15) is 4.31 Å². The molecule has 0 radical (unpaired) electrons. The molecular weight excluding hydrogens is 392 g/mol. The summed E-state index contributed by atoms with van der Waals surface area (Å²) in [4.78, 5) is 23.5. The summed E-state index contributed by atoms with van der Waals surface area (Å²) >= 11 is 0. The lowest BCUT2D eigenvalue weighted by Crippen LogP contribution is -2.35. The quantitative estimate of drug-likeness (QED) is 0.791. The van der Waals surface area contributed by atoms with Gasteiger partial charge in [-0.3, -0.25) is 9.59 Å². The molecule has 2 amide bonds. The number of nitrogens with zero attached hydrogens (tertiary/aromatic N) is 1. The first-order valence-electron chi connectivity index (χ1n) is 8.31. The number of carbonyl (C=O) groups excluding carboxylic acids is 2. The van der Waals surface area contributed by atoms with Gasteiger partial charge in [-0.05, 0) is 42.3 Å². The van der Waals surface area contributed by atoms with Crippen LogP contribution in [0.25, 0.3) is 0 Å². The summed E-state index contributed by atoms with van der Waals surface area (Å²) in [6.45, 7) is -0.563. The van der Waals surface area contributed by atoms with E-state index in [4.69, 9.17) is 0 Å². The lowest BCUT2D eigenvalue weighted by Gasteiger charge is -2.20. The molecule has 0 fully saturated rings. The number of sulfonamides is 1. The highest BCUT2D eigenvalue weighted by Crippen LogP contribution is 2.26. The number of halogens is 2. The number of aryl methyl sites for hydroxylation is 1. The number of benzene rings is 2. The number of nitrogens with one attached hydrogen (secondary N) is 2. The van der Waals surface area contributed by atoms with Crippen molar-refractivity contribution in [2.75, 3.05) is 24.2 Å². The Morgan fingerprint density at radius 1 is 1.18 bits per heavy atom. The average Bonchev–Trinajstić information content (AvgIpc) is 2.63. The summed E-state index contributed by atoms with van der Waals surface area (Å²) in [5.41, 5.74) is 0.996. The second-order valence-electron chi connectivity index (χ2n) is 6.30. The van der Waals surface area contributed by atoms with E-state index in [0.29, 0.717) is 23.7 Å². The Morgan fingerprint density at radius 2 is 1.93 bits per heavy atom. The number of fused-ring (bicyclic) bond motifs is 1. The number of amides is 2. The lowest BCUT2D eigenvalue weighted by atomic mass is 10.0. The van der Waals surface area contributed by atoms with Crippen molar-refractivity contribution in [2.24, 2.45) is 0 Å². The van der Waals surface area contributed by atoms with E-state index in [1.165, 1.54) is 25.2 Å². The molecule has 2 aromatic carbocycles. The summed E-state index contributed by atoms with van der Waals surface area (Å²) in [5.74, 6) is -2.67. The lowest BCUT2D eigenvalue weighted by molar-refractivity contribution is -0.117. The van der Waals surface area contributed by atoms with Gasteiger partial charge in [-0.1, -0.05) is 0 Å². The molecule has 1 aliphatic heterocycles. The van der Waals surface area contributed by atoms with Crippen LogP contribution in [0.2, 0.25) is 0 Å². The summed E-state index contributed by atoms with van der Waals surface area (Å²) in [6, 6.07) is 6.94. The molecule has 10 heteroatoms. The molecule has 1 aliphatic rings. The van der Waals surface area contributed by atoms with E-state index in [1.807, 2.05) is 0 Å². The molecular formula is C18H17F2N3O4S. The maximum absolute atomic E-state index is 13.6. The van der Waals surface area contributed by atoms with Gasteiger partial charge in [0, 0.05) is 25.2 Å². The molecule has 0 bridgehead atoms. The molecule has 0 atom stereocenters. The Labute approximate surface area is 160 Å². The van der Waals surface area contributed by atoms with E-state index in [9.17, 15) is 26.8 Å². The van der Waals surface area contributed by atoms with Gasteiger partial charge < -0.3 is 10.6 Å². The van der Waals surface area contributed by atoms with Crippen molar-refractivity contribution >= 4 is 33.2 Å². The highest BCUT2D eigenvalue weighted by molar-refractivity contribution is 7.89. The van der Waals surface area contributed by atoms with Crippen molar-refractivity contribution in [1.29, 1.82) is 0 Å². The molecule has 0 aromatic heterocycles.